The van der Waals surface area contributed by atoms with Gasteiger partial charge in [0.25, 0.3) is 0 Å². The van der Waals surface area contributed by atoms with Gasteiger partial charge in [0.1, 0.15) is 0 Å². The summed E-state index contributed by atoms with van der Waals surface area (Å²) in [5, 5.41) is 0.806. The molecule has 0 aromatic carbocycles. The highest BCUT2D eigenvalue weighted by molar-refractivity contribution is 6.30. The highest BCUT2D eigenvalue weighted by Crippen LogP contribution is 2.03. The van der Waals surface area contributed by atoms with Crippen LogP contribution in [0.1, 0.15) is 13.8 Å². The van der Waals surface area contributed by atoms with Crippen LogP contribution in [0, 0.1) is 0 Å². The summed E-state index contributed by atoms with van der Waals surface area (Å²) in [7, 11) is 0. The Labute approximate surface area is 54.1 Å². The Morgan fingerprint density at radius 1 is 1.71 bits per heavy atom. The average molecular weight is 139 g/mol. The summed E-state index contributed by atoms with van der Waals surface area (Å²) >= 11 is 11.0. The average Bonchev–Trinajstić information content (AvgIpc) is 1.27. The van der Waals surface area contributed by atoms with Gasteiger partial charge in [-0.1, -0.05) is 17.7 Å². The van der Waals surface area contributed by atoms with Crippen LogP contribution in [-0.2, 0) is 0 Å². The normalized spacial score (nSPS) is 16.9. The van der Waals surface area contributed by atoms with Crippen molar-refractivity contribution in [2.75, 3.05) is 0 Å². The SMILES string of the molecule is C/C(Cl)=C/C(C)Cl. The summed E-state index contributed by atoms with van der Waals surface area (Å²) in [6.07, 6.45) is 1.78. The van der Waals surface area contributed by atoms with E-state index in [2.05, 4.69) is 0 Å². The van der Waals surface area contributed by atoms with Crippen LogP contribution in [0.5, 0.6) is 0 Å². The molecule has 0 bridgehead atoms. The third kappa shape index (κ3) is 6.32. The van der Waals surface area contributed by atoms with E-state index in [-0.39, 0.29) is 5.38 Å². The van der Waals surface area contributed by atoms with Crippen molar-refractivity contribution in [2.45, 2.75) is 19.2 Å². The van der Waals surface area contributed by atoms with Crippen molar-refractivity contribution >= 4 is 23.2 Å². The Hall–Kier alpha value is 0.320. The van der Waals surface area contributed by atoms with Crippen LogP contribution in [-0.4, -0.2) is 5.38 Å². The molecule has 0 aromatic rings. The number of hydrogen-bond donors (Lipinski definition) is 0. The Balaban J connectivity index is 3.45. The van der Waals surface area contributed by atoms with E-state index in [4.69, 9.17) is 23.2 Å². The van der Waals surface area contributed by atoms with E-state index < -0.39 is 0 Å². The first-order valence-electron chi connectivity index (χ1n) is 2.11. The lowest BCUT2D eigenvalue weighted by atomic mass is 10.4. The number of rotatable bonds is 1. The zero-order valence-electron chi connectivity index (χ0n) is 4.41. The molecule has 0 N–H and O–H groups in total. The number of allylic oxidation sites excluding steroid dienone is 2. The standard InChI is InChI=1S/C5H8Cl2/c1-4(6)3-5(2)7/h3-4H,1-2H3/b5-3-. The van der Waals surface area contributed by atoms with Gasteiger partial charge in [-0.3, -0.25) is 0 Å². The van der Waals surface area contributed by atoms with Gasteiger partial charge in [0, 0.05) is 5.03 Å². The molecule has 0 aliphatic carbocycles. The van der Waals surface area contributed by atoms with Gasteiger partial charge in [-0.2, -0.15) is 0 Å². The van der Waals surface area contributed by atoms with E-state index in [1.54, 1.807) is 13.0 Å². The van der Waals surface area contributed by atoms with Crippen molar-refractivity contribution in [1.82, 2.24) is 0 Å². The summed E-state index contributed by atoms with van der Waals surface area (Å²) < 4.78 is 0. The first-order valence-corrected chi connectivity index (χ1v) is 2.92. The summed E-state index contributed by atoms with van der Waals surface area (Å²) in [4.78, 5) is 0. The molecular formula is C5H8Cl2. The maximum atomic E-state index is 5.51. The molecule has 0 aliphatic rings. The van der Waals surface area contributed by atoms with Crippen molar-refractivity contribution < 1.29 is 0 Å². The topological polar surface area (TPSA) is 0 Å². The molecular weight excluding hydrogens is 131 g/mol. The van der Waals surface area contributed by atoms with Gasteiger partial charge in [0.2, 0.25) is 0 Å². The summed E-state index contributed by atoms with van der Waals surface area (Å²) in [6, 6.07) is 0. The fraction of sp³-hybridized carbons (Fsp3) is 0.600. The van der Waals surface area contributed by atoms with Gasteiger partial charge >= 0.3 is 0 Å². The maximum Gasteiger partial charge on any atom is 0.0501 e. The van der Waals surface area contributed by atoms with E-state index in [9.17, 15) is 0 Å². The molecule has 0 heterocycles. The van der Waals surface area contributed by atoms with Gasteiger partial charge in [-0.25, -0.2) is 0 Å². The van der Waals surface area contributed by atoms with Crippen LogP contribution < -0.4 is 0 Å². The largest absolute Gasteiger partial charge is 0.119 e. The molecule has 0 radical (unpaired) electrons. The second-order valence-electron chi connectivity index (χ2n) is 1.43. The zero-order valence-corrected chi connectivity index (χ0v) is 5.92. The molecule has 42 valence electrons. The molecule has 7 heavy (non-hydrogen) atoms. The van der Waals surface area contributed by atoms with Gasteiger partial charge < -0.3 is 0 Å². The Morgan fingerprint density at radius 3 is 2.14 bits per heavy atom. The van der Waals surface area contributed by atoms with E-state index in [1.165, 1.54) is 0 Å². The molecule has 0 spiro atoms. The monoisotopic (exact) mass is 138 g/mol. The van der Waals surface area contributed by atoms with Crippen molar-refractivity contribution in [2.24, 2.45) is 0 Å². The first kappa shape index (κ1) is 7.32. The van der Waals surface area contributed by atoms with Crippen molar-refractivity contribution in [3.63, 3.8) is 0 Å². The van der Waals surface area contributed by atoms with Crippen molar-refractivity contribution in [3.8, 4) is 0 Å². The first-order chi connectivity index (χ1) is 3.13. The van der Waals surface area contributed by atoms with Crippen molar-refractivity contribution in [3.05, 3.63) is 11.1 Å². The van der Waals surface area contributed by atoms with Gasteiger partial charge in [-0.15, -0.1) is 11.6 Å². The molecule has 0 aliphatic heterocycles. The lowest BCUT2D eigenvalue weighted by Crippen LogP contribution is -1.80. The van der Waals surface area contributed by atoms with Crippen LogP contribution in [0.3, 0.4) is 0 Å². The Morgan fingerprint density at radius 2 is 2.14 bits per heavy atom. The lowest BCUT2D eigenvalue weighted by Gasteiger charge is -1.88. The number of halogens is 2. The van der Waals surface area contributed by atoms with E-state index in [0.29, 0.717) is 0 Å². The second kappa shape index (κ2) is 3.34. The van der Waals surface area contributed by atoms with Gasteiger partial charge in [0.05, 0.1) is 5.38 Å². The van der Waals surface area contributed by atoms with E-state index in [0.717, 1.165) is 5.03 Å². The predicted molar refractivity (Wildman–Crippen MR) is 34.9 cm³/mol. The molecule has 0 nitrogen and oxygen atoms in total. The van der Waals surface area contributed by atoms with Gasteiger partial charge in [0.15, 0.2) is 0 Å². The predicted octanol–water partition coefficient (Wildman–Crippen LogP) is 2.76. The van der Waals surface area contributed by atoms with E-state index in [1.807, 2.05) is 6.92 Å². The van der Waals surface area contributed by atoms with Crippen LogP contribution in [0.25, 0.3) is 0 Å². The molecule has 0 rings (SSSR count). The van der Waals surface area contributed by atoms with Crippen LogP contribution in [0.2, 0.25) is 0 Å². The molecule has 1 unspecified atom stereocenters. The molecule has 2 heteroatoms. The zero-order chi connectivity index (χ0) is 5.86. The van der Waals surface area contributed by atoms with Crippen LogP contribution in [0.15, 0.2) is 11.1 Å². The smallest absolute Gasteiger partial charge is 0.0501 e. The lowest BCUT2D eigenvalue weighted by molar-refractivity contribution is 1.22. The van der Waals surface area contributed by atoms with Crippen LogP contribution in [0.4, 0.5) is 0 Å². The fourth-order valence-corrected chi connectivity index (χ4v) is 0.759. The third-order valence-corrected chi connectivity index (χ3v) is 0.711. The molecule has 0 saturated carbocycles. The van der Waals surface area contributed by atoms with Gasteiger partial charge in [-0.05, 0) is 13.8 Å². The van der Waals surface area contributed by atoms with E-state index >= 15 is 0 Å². The molecule has 0 saturated heterocycles. The number of alkyl halides is 1. The third-order valence-electron chi connectivity index (χ3n) is 0.459. The maximum absolute atomic E-state index is 5.51. The molecule has 0 amide bonds. The summed E-state index contributed by atoms with van der Waals surface area (Å²) in [5.41, 5.74) is 0. The minimum Gasteiger partial charge on any atom is -0.119 e. The fourth-order valence-electron chi connectivity index (χ4n) is 0.316. The highest BCUT2D eigenvalue weighted by Gasteiger charge is 1.86. The summed E-state index contributed by atoms with van der Waals surface area (Å²) in [5.74, 6) is 0. The minimum absolute atomic E-state index is 0.0532. The second-order valence-corrected chi connectivity index (χ2v) is 2.72. The number of hydrogen-bond acceptors (Lipinski definition) is 0. The van der Waals surface area contributed by atoms with Crippen LogP contribution >= 0.6 is 23.2 Å². The van der Waals surface area contributed by atoms with Crippen molar-refractivity contribution in [1.29, 1.82) is 0 Å². The Bertz CT molecular complexity index is 70.1. The summed E-state index contributed by atoms with van der Waals surface area (Å²) in [6.45, 7) is 3.67. The molecule has 1 atom stereocenters. The minimum atomic E-state index is 0.0532. The quantitative estimate of drug-likeness (QED) is 0.490. The molecule has 0 fully saturated rings. The Kier molecular flexibility index (Phi) is 3.49. The highest BCUT2D eigenvalue weighted by atomic mass is 35.5. The molecule has 0 aromatic heterocycles.